The zero-order valence-corrected chi connectivity index (χ0v) is 18.6. The van der Waals surface area contributed by atoms with Crippen molar-refractivity contribution < 1.29 is 18.0 Å². The van der Waals surface area contributed by atoms with Crippen LogP contribution in [-0.2, 0) is 10.3 Å². The van der Waals surface area contributed by atoms with Crippen LogP contribution in [0.15, 0.2) is 54.7 Å². The minimum Gasteiger partial charge on any atom is -0.337 e. The van der Waals surface area contributed by atoms with Crippen molar-refractivity contribution in [3.63, 3.8) is 0 Å². The quantitative estimate of drug-likeness (QED) is 0.615. The van der Waals surface area contributed by atoms with Crippen LogP contribution >= 0.6 is 0 Å². The van der Waals surface area contributed by atoms with E-state index in [1.54, 1.807) is 6.20 Å². The van der Waals surface area contributed by atoms with Gasteiger partial charge in [0.1, 0.15) is 0 Å². The van der Waals surface area contributed by atoms with Crippen LogP contribution in [0.1, 0.15) is 12.2 Å². The predicted molar refractivity (Wildman–Crippen MR) is 120 cm³/mol. The molecule has 1 fully saturated rings. The number of carbonyl (C=O) groups excluding carboxylic acids is 1. The average Bonchev–Trinajstić information content (AvgIpc) is 3.32. The molecule has 174 valence electrons. The van der Waals surface area contributed by atoms with Gasteiger partial charge < -0.3 is 10.2 Å². The summed E-state index contributed by atoms with van der Waals surface area (Å²) in [5.41, 5.74) is 1.18. The first-order valence-electron chi connectivity index (χ1n) is 10.8. The molecule has 2 aromatic carbocycles. The fourth-order valence-electron chi connectivity index (χ4n) is 4.29. The number of nitrogens with one attached hydrogen (secondary N) is 1. The smallest absolute Gasteiger partial charge is 0.337 e. The van der Waals surface area contributed by atoms with Gasteiger partial charge in [0.25, 0.3) is 0 Å². The minimum atomic E-state index is -4.88. The highest BCUT2D eigenvalue weighted by Gasteiger charge is 2.44. The van der Waals surface area contributed by atoms with Crippen LogP contribution in [0.3, 0.4) is 0 Å². The molecule has 0 bridgehead atoms. The Morgan fingerprint density at radius 2 is 1.85 bits per heavy atom. The lowest BCUT2D eigenvalue weighted by Crippen LogP contribution is -2.50. The molecule has 1 saturated heterocycles. The highest BCUT2D eigenvalue weighted by molar-refractivity contribution is 5.86. The van der Waals surface area contributed by atoms with Gasteiger partial charge in [0.2, 0.25) is 0 Å². The lowest BCUT2D eigenvalue weighted by Gasteiger charge is -2.37. The molecule has 1 aromatic heterocycles. The number of halogens is 3. The number of aromatic nitrogens is 2. The number of amides is 1. The molecule has 1 aliphatic rings. The van der Waals surface area contributed by atoms with E-state index in [0.717, 1.165) is 28.6 Å². The van der Waals surface area contributed by atoms with Crippen LogP contribution in [0.25, 0.3) is 22.0 Å². The molecule has 1 aliphatic heterocycles. The molecule has 0 unspecified atom stereocenters. The summed E-state index contributed by atoms with van der Waals surface area (Å²) in [5.74, 6) is -1.23. The van der Waals surface area contributed by atoms with Crippen molar-refractivity contribution in [3.8, 4) is 11.3 Å². The van der Waals surface area contributed by atoms with E-state index < -0.39 is 17.6 Å². The molecule has 1 N–H and O–H groups in total. The van der Waals surface area contributed by atoms with Gasteiger partial charge in [0.15, 0.2) is 5.82 Å². The summed E-state index contributed by atoms with van der Waals surface area (Å²) in [4.78, 5) is 23.6. The van der Waals surface area contributed by atoms with Gasteiger partial charge in [-0.25, -0.2) is 9.97 Å². The molecule has 33 heavy (non-hydrogen) atoms. The van der Waals surface area contributed by atoms with Gasteiger partial charge in [0, 0.05) is 38.4 Å². The topological polar surface area (TPSA) is 61.4 Å². The molecule has 2 heterocycles. The molecule has 1 amide bonds. The van der Waals surface area contributed by atoms with E-state index in [0.29, 0.717) is 23.7 Å². The van der Waals surface area contributed by atoms with E-state index in [-0.39, 0.29) is 13.1 Å². The van der Waals surface area contributed by atoms with E-state index in [1.807, 2.05) is 36.2 Å². The number of benzene rings is 2. The van der Waals surface area contributed by atoms with Crippen LogP contribution in [-0.4, -0.2) is 72.1 Å². The van der Waals surface area contributed by atoms with E-state index in [9.17, 15) is 18.0 Å². The Balaban J connectivity index is 1.59. The van der Waals surface area contributed by atoms with E-state index >= 15 is 0 Å². The summed E-state index contributed by atoms with van der Waals surface area (Å²) in [6.45, 7) is 1.51. The number of nitrogens with zero attached hydrogens (tertiary/aromatic N) is 4. The molecule has 0 aliphatic carbocycles. The third kappa shape index (κ3) is 4.69. The second-order valence-corrected chi connectivity index (χ2v) is 8.43. The number of rotatable bonds is 6. The van der Waals surface area contributed by atoms with Gasteiger partial charge in [0.05, 0.1) is 11.2 Å². The van der Waals surface area contributed by atoms with Crippen molar-refractivity contribution in [1.29, 1.82) is 0 Å². The van der Waals surface area contributed by atoms with Gasteiger partial charge >= 0.3 is 12.1 Å². The second-order valence-electron chi connectivity index (χ2n) is 8.43. The van der Waals surface area contributed by atoms with Crippen LogP contribution in [0, 0.1) is 0 Å². The highest BCUT2D eigenvalue weighted by atomic mass is 19.4. The van der Waals surface area contributed by atoms with Crippen LogP contribution < -0.4 is 5.32 Å². The van der Waals surface area contributed by atoms with Gasteiger partial charge in [-0.3, -0.25) is 9.69 Å². The Morgan fingerprint density at radius 3 is 2.55 bits per heavy atom. The van der Waals surface area contributed by atoms with Crippen molar-refractivity contribution in [3.05, 3.63) is 60.6 Å². The number of likely N-dealkylation sites (N-methyl/N-ethyl adjacent to an activating group) is 2. The predicted octanol–water partition coefficient (Wildman–Crippen LogP) is 3.44. The molecule has 6 nitrogen and oxygen atoms in total. The van der Waals surface area contributed by atoms with Crippen molar-refractivity contribution in [1.82, 2.24) is 25.1 Å². The highest BCUT2D eigenvalue weighted by Crippen LogP contribution is 2.33. The summed E-state index contributed by atoms with van der Waals surface area (Å²) in [6, 6.07) is 16.1. The van der Waals surface area contributed by atoms with Gasteiger partial charge in [-0.15, -0.1) is 0 Å². The molecule has 3 aromatic rings. The van der Waals surface area contributed by atoms with Crippen LogP contribution in [0.5, 0.6) is 0 Å². The monoisotopic (exact) mass is 457 g/mol. The van der Waals surface area contributed by atoms with E-state index in [1.165, 1.54) is 7.05 Å². The molecule has 0 spiro atoms. The molecule has 0 saturated carbocycles. The second kappa shape index (κ2) is 9.07. The third-order valence-corrected chi connectivity index (χ3v) is 6.34. The van der Waals surface area contributed by atoms with Crippen molar-refractivity contribution in [2.75, 3.05) is 40.3 Å². The lowest BCUT2D eigenvalue weighted by molar-refractivity contribution is -0.184. The number of hydrogen-bond donors (Lipinski definition) is 1. The average molecular weight is 458 g/mol. The maximum atomic E-state index is 12.7. The standard InChI is InChI=1S/C24H26F3N5O/c1-31(22(33)24(25,26)27)13-14-32(2)23(10-12-28-16-23)21-29-11-9-20(30-21)19-8-7-17-5-3-4-6-18(17)15-19/h3-9,11,15,28H,10,12-14,16H2,1-2H3/t23-/m1/s1. The van der Waals surface area contributed by atoms with E-state index in [2.05, 4.69) is 34.6 Å². The Morgan fingerprint density at radius 1 is 1.09 bits per heavy atom. The first-order valence-corrected chi connectivity index (χ1v) is 10.8. The summed E-state index contributed by atoms with van der Waals surface area (Å²) >= 11 is 0. The zero-order valence-electron chi connectivity index (χ0n) is 18.6. The number of hydrogen-bond acceptors (Lipinski definition) is 5. The Hall–Kier alpha value is -3.04. The van der Waals surface area contributed by atoms with Crippen LogP contribution in [0.2, 0.25) is 0 Å². The van der Waals surface area contributed by atoms with Gasteiger partial charge in [-0.2, -0.15) is 13.2 Å². The Kier molecular flexibility index (Phi) is 6.36. The van der Waals surface area contributed by atoms with E-state index in [4.69, 9.17) is 4.98 Å². The third-order valence-electron chi connectivity index (χ3n) is 6.34. The lowest BCUT2D eigenvalue weighted by atomic mass is 9.94. The fraction of sp³-hybridized carbons (Fsp3) is 0.375. The first kappa shape index (κ1) is 23.1. The zero-order chi connectivity index (χ0) is 23.6. The molecule has 9 heteroatoms. The number of fused-ring (bicyclic) bond motifs is 1. The normalized spacial score (nSPS) is 18.7. The first-order chi connectivity index (χ1) is 15.7. The molecule has 0 radical (unpaired) electrons. The number of carbonyl (C=O) groups is 1. The van der Waals surface area contributed by atoms with Crippen molar-refractivity contribution >= 4 is 16.7 Å². The summed E-state index contributed by atoms with van der Waals surface area (Å²) in [6.07, 6.45) is -2.45. The van der Waals surface area contributed by atoms with Crippen LogP contribution in [0.4, 0.5) is 13.2 Å². The molecular weight excluding hydrogens is 431 g/mol. The summed E-state index contributed by atoms with van der Waals surface area (Å²) in [7, 11) is 3.01. The SMILES string of the molecule is CN(CCN(C)[C@]1(c2nccc(-c3ccc4ccccc4c3)n2)CCNC1)C(=O)C(F)(F)F. The van der Waals surface area contributed by atoms with Gasteiger partial charge in [-0.05, 0) is 42.9 Å². The minimum absolute atomic E-state index is 0.0546. The maximum Gasteiger partial charge on any atom is 0.471 e. The summed E-state index contributed by atoms with van der Waals surface area (Å²) in [5, 5.41) is 5.58. The molecule has 4 rings (SSSR count). The van der Waals surface area contributed by atoms with Crippen molar-refractivity contribution in [2.45, 2.75) is 18.1 Å². The number of alkyl halides is 3. The Labute approximate surface area is 190 Å². The summed E-state index contributed by atoms with van der Waals surface area (Å²) < 4.78 is 38.2. The maximum absolute atomic E-state index is 12.7. The Bertz CT molecular complexity index is 1140. The largest absolute Gasteiger partial charge is 0.471 e. The molecular formula is C24H26F3N5O. The fourth-order valence-corrected chi connectivity index (χ4v) is 4.29. The van der Waals surface area contributed by atoms with Gasteiger partial charge in [-0.1, -0.05) is 36.4 Å². The van der Waals surface area contributed by atoms with Crippen molar-refractivity contribution in [2.24, 2.45) is 0 Å². The molecule has 1 atom stereocenters.